The number of aromatic nitrogens is 1. The van der Waals surface area contributed by atoms with Crippen molar-refractivity contribution in [2.75, 3.05) is 0 Å². The molecule has 2 saturated carbocycles. The quantitative estimate of drug-likeness (QED) is 0.384. The molecule has 0 bridgehead atoms. The molecule has 2 aromatic carbocycles. The minimum Gasteiger partial charge on any atom is -0.393 e. The normalized spacial score (nSPS) is 25.4. The monoisotopic (exact) mass is 581 g/mol. The van der Waals surface area contributed by atoms with Gasteiger partial charge < -0.3 is 10.2 Å². The Labute approximate surface area is 192 Å². The smallest absolute Gasteiger partial charge is 0.0597 e. The SMILES string of the molecule is Cc1ccc2ccc(-c3[c-]cccc3)nc2c1.OC1CCCCC2CCC(O)C12.[Ir]. The molecule has 4 atom stereocenters. The molecule has 4 unspecified atom stereocenters. The summed E-state index contributed by atoms with van der Waals surface area (Å²) < 4.78 is 0. The van der Waals surface area contributed by atoms with Gasteiger partial charge in [-0.25, -0.2) is 0 Å². The van der Waals surface area contributed by atoms with E-state index in [9.17, 15) is 10.2 Å². The maximum absolute atomic E-state index is 9.77. The Bertz CT molecular complexity index is 946. The summed E-state index contributed by atoms with van der Waals surface area (Å²) in [5, 5.41) is 20.6. The van der Waals surface area contributed by atoms with Crippen molar-refractivity contribution in [1.82, 2.24) is 4.98 Å². The van der Waals surface area contributed by atoms with Crippen LogP contribution in [-0.4, -0.2) is 27.4 Å². The maximum atomic E-state index is 9.77. The maximum Gasteiger partial charge on any atom is 0.0597 e. The predicted octanol–water partition coefficient (Wildman–Crippen LogP) is 5.32. The summed E-state index contributed by atoms with van der Waals surface area (Å²) in [5.74, 6) is 0.810. The molecule has 2 N–H and O–H groups in total. The molecule has 0 amide bonds. The van der Waals surface area contributed by atoms with Gasteiger partial charge in [0.05, 0.1) is 17.7 Å². The summed E-state index contributed by atoms with van der Waals surface area (Å²) in [7, 11) is 0. The van der Waals surface area contributed by atoms with E-state index in [1.807, 2.05) is 30.3 Å². The molecule has 2 aliphatic rings. The minimum absolute atomic E-state index is 0. The molecule has 2 aliphatic carbocycles. The standard InChI is InChI=1S/C16H12N.C10H18O2.Ir/c1-12-7-8-14-9-10-15(17-16(14)11-12)13-5-3-2-4-6-13;11-8-4-2-1-3-7-5-6-9(12)10(7)8;/h2-5,7-11H,1H3;7-12H,1-6H2;/q-1;;. The van der Waals surface area contributed by atoms with E-state index >= 15 is 0 Å². The predicted molar refractivity (Wildman–Crippen MR) is 117 cm³/mol. The van der Waals surface area contributed by atoms with Gasteiger partial charge >= 0.3 is 0 Å². The van der Waals surface area contributed by atoms with Gasteiger partial charge in [0.15, 0.2) is 0 Å². The number of aliphatic hydroxyl groups is 2. The largest absolute Gasteiger partial charge is 0.393 e. The van der Waals surface area contributed by atoms with Crippen LogP contribution in [0.3, 0.4) is 0 Å². The number of nitrogens with zero attached hydrogens (tertiary/aromatic N) is 1. The van der Waals surface area contributed by atoms with Gasteiger partial charge in [-0.15, -0.1) is 35.9 Å². The Balaban J connectivity index is 0.000000175. The second kappa shape index (κ2) is 10.6. The Morgan fingerprint density at radius 2 is 1.67 bits per heavy atom. The zero-order chi connectivity index (χ0) is 20.2. The van der Waals surface area contributed by atoms with Crippen molar-refractivity contribution in [2.45, 2.75) is 57.7 Å². The van der Waals surface area contributed by atoms with E-state index < -0.39 is 0 Å². The van der Waals surface area contributed by atoms with Crippen LogP contribution < -0.4 is 0 Å². The van der Waals surface area contributed by atoms with E-state index in [1.54, 1.807) is 0 Å². The summed E-state index contributed by atoms with van der Waals surface area (Å²) >= 11 is 0. The van der Waals surface area contributed by atoms with Gasteiger partial charge in [-0.3, -0.25) is 4.98 Å². The van der Waals surface area contributed by atoms with E-state index in [2.05, 4.69) is 42.2 Å². The fourth-order valence-electron chi connectivity index (χ4n) is 4.87. The molecular weight excluding hydrogens is 551 g/mol. The Kier molecular flexibility index (Phi) is 8.19. The first-order valence-corrected chi connectivity index (χ1v) is 10.8. The number of fused-ring (bicyclic) bond motifs is 2. The van der Waals surface area contributed by atoms with Crippen LogP contribution in [0.5, 0.6) is 0 Å². The fraction of sp³-hybridized carbons (Fsp3) is 0.423. The summed E-state index contributed by atoms with van der Waals surface area (Å²) in [5.41, 5.74) is 4.29. The van der Waals surface area contributed by atoms with Crippen molar-refractivity contribution in [3.8, 4) is 11.3 Å². The molecule has 1 aromatic heterocycles. The number of benzene rings is 2. The molecular formula is C26H30IrNO2-. The Hall–Kier alpha value is -1.58. The third kappa shape index (κ3) is 5.36. The summed E-state index contributed by atoms with van der Waals surface area (Å²) in [6, 6.07) is 21.6. The molecule has 2 fully saturated rings. The molecule has 1 radical (unpaired) electrons. The van der Waals surface area contributed by atoms with E-state index in [4.69, 9.17) is 0 Å². The van der Waals surface area contributed by atoms with Crippen LogP contribution in [0.4, 0.5) is 0 Å². The van der Waals surface area contributed by atoms with Crippen LogP contribution in [0.1, 0.15) is 44.1 Å². The second-order valence-electron chi connectivity index (χ2n) is 8.50. The second-order valence-corrected chi connectivity index (χ2v) is 8.50. The number of hydrogen-bond donors (Lipinski definition) is 2. The third-order valence-electron chi connectivity index (χ3n) is 6.42. The van der Waals surface area contributed by atoms with Crippen LogP contribution in [0, 0.1) is 24.8 Å². The van der Waals surface area contributed by atoms with E-state index in [0.717, 1.165) is 42.5 Å². The zero-order valence-corrected chi connectivity index (χ0v) is 19.8. The average molecular weight is 581 g/mol. The molecule has 30 heavy (non-hydrogen) atoms. The van der Waals surface area contributed by atoms with Gasteiger partial charge in [-0.05, 0) is 61.2 Å². The number of aliphatic hydroxyl groups excluding tert-OH is 2. The summed E-state index contributed by atoms with van der Waals surface area (Å²) in [6.45, 7) is 2.09. The molecule has 5 rings (SSSR count). The molecule has 4 heteroatoms. The van der Waals surface area contributed by atoms with Crippen molar-refractivity contribution < 1.29 is 30.3 Å². The average Bonchev–Trinajstić information content (AvgIpc) is 3.01. The van der Waals surface area contributed by atoms with E-state index in [1.165, 1.54) is 23.8 Å². The summed E-state index contributed by atoms with van der Waals surface area (Å²) in [6.07, 6.45) is 6.09. The van der Waals surface area contributed by atoms with Crippen molar-refractivity contribution in [3.63, 3.8) is 0 Å². The van der Waals surface area contributed by atoms with Gasteiger partial charge in [0.25, 0.3) is 0 Å². The zero-order valence-electron chi connectivity index (χ0n) is 17.4. The van der Waals surface area contributed by atoms with Crippen LogP contribution in [0.2, 0.25) is 0 Å². The first-order chi connectivity index (χ1) is 14.1. The van der Waals surface area contributed by atoms with E-state index in [0.29, 0.717) is 5.92 Å². The summed E-state index contributed by atoms with van der Waals surface area (Å²) in [4.78, 5) is 4.68. The van der Waals surface area contributed by atoms with Crippen molar-refractivity contribution in [1.29, 1.82) is 0 Å². The van der Waals surface area contributed by atoms with Crippen LogP contribution >= 0.6 is 0 Å². The fourth-order valence-corrected chi connectivity index (χ4v) is 4.87. The topological polar surface area (TPSA) is 53.4 Å². The molecule has 0 saturated heterocycles. The Morgan fingerprint density at radius 3 is 2.47 bits per heavy atom. The number of aryl methyl sites for hydroxylation is 1. The Morgan fingerprint density at radius 1 is 0.900 bits per heavy atom. The minimum atomic E-state index is -0.227. The number of rotatable bonds is 1. The van der Waals surface area contributed by atoms with Gasteiger partial charge in [0.2, 0.25) is 0 Å². The molecule has 1 heterocycles. The molecule has 161 valence electrons. The number of hydrogen-bond acceptors (Lipinski definition) is 3. The van der Waals surface area contributed by atoms with Crippen molar-refractivity contribution in [2.24, 2.45) is 11.8 Å². The van der Waals surface area contributed by atoms with Crippen molar-refractivity contribution >= 4 is 10.9 Å². The molecule has 3 nitrogen and oxygen atoms in total. The van der Waals surface area contributed by atoms with Gasteiger partial charge in [0, 0.05) is 26.0 Å². The first kappa shape index (κ1) is 23.1. The van der Waals surface area contributed by atoms with Crippen LogP contribution in [0.15, 0.2) is 54.6 Å². The van der Waals surface area contributed by atoms with E-state index in [-0.39, 0.29) is 38.2 Å². The molecule has 0 aliphatic heterocycles. The molecule has 0 spiro atoms. The van der Waals surface area contributed by atoms with Gasteiger partial charge in [0.1, 0.15) is 0 Å². The van der Waals surface area contributed by atoms with Gasteiger partial charge in [-0.2, -0.15) is 0 Å². The van der Waals surface area contributed by atoms with Crippen molar-refractivity contribution in [3.05, 3.63) is 66.2 Å². The third-order valence-corrected chi connectivity index (χ3v) is 6.42. The van der Waals surface area contributed by atoms with Crippen LogP contribution in [-0.2, 0) is 20.1 Å². The first-order valence-electron chi connectivity index (χ1n) is 10.8. The van der Waals surface area contributed by atoms with Crippen LogP contribution in [0.25, 0.3) is 22.2 Å². The number of pyridine rings is 1. The molecule has 3 aromatic rings. The van der Waals surface area contributed by atoms with Gasteiger partial charge in [-0.1, -0.05) is 37.1 Å².